The van der Waals surface area contributed by atoms with Crippen LogP contribution in [0.25, 0.3) is 10.9 Å². The van der Waals surface area contributed by atoms with Gasteiger partial charge in [-0.1, -0.05) is 12.1 Å². The number of para-hydroxylation sites is 1. The van der Waals surface area contributed by atoms with E-state index < -0.39 is 0 Å². The van der Waals surface area contributed by atoms with E-state index in [0.29, 0.717) is 18.5 Å². The molecule has 2 fully saturated rings. The van der Waals surface area contributed by atoms with E-state index in [0.717, 1.165) is 37.8 Å². The van der Waals surface area contributed by atoms with Crippen LogP contribution in [0.5, 0.6) is 0 Å². The molecule has 1 amide bonds. The normalized spacial score (nSPS) is 22.8. The Morgan fingerprint density at radius 1 is 1.35 bits per heavy atom. The second-order valence-electron chi connectivity index (χ2n) is 7.21. The summed E-state index contributed by atoms with van der Waals surface area (Å²) in [4.78, 5) is 26.9. The van der Waals surface area contributed by atoms with Crippen LogP contribution in [0.15, 0.2) is 29.1 Å². The smallest absolute Gasteiger partial charge is 0.274 e. The van der Waals surface area contributed by atoms with Gasteiger partial charge in [-0.2, -0.15) is 0 Å². The van der Waals surface area contributed by atoms with Crippen molar-refractivity contribution in [2.75, 3.05) is 26.8 Å². The SMILES string of the molecule is CO[C@H]1CCCOC12CCN(C(=O)Cn1[nH]c3ccccc3c1=O)CC2. The molecule has 1 spiro atoms. The lowest BCUT2D eigenvalue weighted by Gasteiger charge is -2.48. The maximum atomic E-state index is 12.7. The molecule has 7 nitrogen and oxygen atoms in total. The first-order chi connectivity index (χ1) is 12.6. The van der Waals surface area contributed by atoms with Crippen molar-refractivity contribution in [3.8, 4) is 0 Å². The van der Waals surface area contributed by atoms with Crippen LogP contribution in [0, 0.1) is 0 Å². The molecule has 7 heteroatoms. The van der Waals surface area contributed by atoms with Gasteiger partial charge in [-0.3, -0.25) is 14.7 Å². The number of aromatic amines is 1. The Hall–Kier alpha value is -2.12. The molecule has 1 aromatic heterocycles. The highest BCUT2D eigenvalue weighted by atomic mass is 16.5. The van der Waals surface area contributed by atoms with E-state index in [-0.39, 0.29) is 29.7 Å². The van der Waals surface area contributed by atoms with Crippen molar-refractivity contribution in [3.63, 3.8) is 0 Å². The molecule has 1 aromatic carbocycles. The van der Waals surface area contributed by atoms with E-state index in [1.54, 1.807) is 13.2 Å². The van der Waals surface area contributed by atoms with Gasteiger partial charge in [0.15, 0.2) is 0 Å². The van der Waals surface area contributed by atoms with Gasteiger partial charge in [-0.05, 0) is 37.8 Å². The standard InChI is InChI=1S/C19H25N3O4/c1-25-16-7-4-12-26-19(16)8-10-21(11-9-19)17(23)13-22-18(24)14-5-2-3-6-15(14)20-22/h2-3,5-6,16,20H,4,7-13H2,1H3/t16-/m0/s1. The van der Waals surface area contributed by atoms with Crippen molar-refractivity contribution in [3.05, 3.63) is 34.6 Å². The average Bonchev–Trinajstić information content (AvgIpc) is 2.98. The number of piperidine rings is 1. The number of likely N-dealkylation sites (tertiary alicyclic amines) is 1. The highest BCUT2D eigenvalue weighted by molar-refractivity contribution is 5.79. The van der Waals surface area contributed by atoms with Crippen LogP contribution in [0.4, 0.5) is 0 Å². The molecule has 26 heavy (non-hydrogen) atoms. The molecule has 2 saturated heterocycles. The summed E-state index contributed by atoms with van der Waals surface area (Å²) in [6, 6.07) is 7.30. The Balaban J connectivity index is 1.43. The number of H-pyrrole nitrogens is 1. The predicted molar refractivity (Wildman–Crippen MR) is 97.1 cm³/mol. The number of hydrogen-bond donors (Lipinski definition) is 1. The lowest BCUT2D eigenvalue weighted by atomic mass is 9.82. The van der Waals surface area contributed by atoms with Crippen molar-refractivity contribution in [2.24, 2.45) is 0 Å². The van der Waals surface area contributed by atoms with Gasteiger partial charge in [0, 0.05) is 26.8 Å². The molecule has 1 atom stereocenters. The fraction of sp³-hybridized carbons (Fsp3) is 0.579. The number of carbonyl (C=O) groups excluding carboxylic acids is 1. The van der Waals surface area contributed by atoms with Crippen LogP contribution in [0.1, 0.15) is 25.7 Å². The number of ether oxygens (including phenoxy) is 2. The van der Waals surface area contributed by atoms with Crippen molar-refractivity contribution >= 4 is 16.8 Å². The van der Waals surface area contributed by atoms with E-state index in [9.17, 15) is 9.59 Å². The molecule has 0 unspecified atom stereocenters. The number of benzene rings is 1. The van der Waals surface area contributed by atoms with Gasteiger partial charge in [0.1, 0.15) is 6.54 Å². The van der Waals surface area contributed by atoms with Gasteiger partial charge >= 0.3 is 0 Å². The van der Waals surface area contributed by atoms with Crippen LogP contribution in [-0.2, 0) is 20.8 Å². The summed E-state index contributed by atoms with van der Waals surface area (Å²) in [6.45, 7) is 2.06. The van der Waals surface area contributed by atoms with E-state index in [4.69, 9.17) is 9.47 Å². The molecule has 0 bridgehead atoms. The van der Waals surface area contributed by atoms with Crippen molar-refractivity contribution < 1.29 is 14.3 Å². The third kappa shape index (κ3) is 2.95. The third-order valence-corrected chi connectivity index (χ3v) is 5.79. The minimum absolute atomic E-state index is 0.0368. The Morgan fingerprint density at radius 3 is 2.85 bits per heavy atom. The molecular weight excluding hydrogens is 334 g/mol. The Morgan fingerprint density at radius 2 is 2.12 bits per heavy atom. The lowest BCUT2D eigenvalue weighted by molar-refractivity contribution is -0.188. The van der Waals surface area contributed by atoms with Crippen LogP contribution >= 0.6 is 0 Å². The average molecular weight is 359 g/mol. The Bertz CT molecular complexity index is 848. The number of rotatable bonds is 3. The fourth-order valence-corrected chi connectivity index (χ4v) is 4.29. The van der Waals surface area contributed by atoms with E-state index in [1.807, 2.05) is 23.1 Å². The van der Waals surface area contributed by atoms with Gasteiger partial charge < -0.3 is 14.4 Å². The van der Waals surface area contributed by atoms with Crippen molar-refractivity contribution in [2.45, 2.75) is 43.9 Å². The molecule has 1 N–H and O–H groups in total. The number of hydrogen-bond acceptors (Lipinski definition) is 4. The first-order valence-corrected chi connectivity index (χ1v) is 9.25. The number of methoxy groups -OCH3 is 1. The number of carbonyl (C=O) groups is 1. The molecule has 140 valence electrons. The zero-order valence-corrected chi connectivity index (χ0v) is 15.1. The summed E-state index contributed by atoms with van der Waals surface area (Å²) in [5, 5.41) is 3.63. The summed E-state index contributed by atoms with van der Waals surface area (Å²) in [7, 11) is 1.74. The molecule has 0 aliphatic carbocycles. The minimum Gasteiger partial charge on any atom is -0.378 e. The van der Waals surface area contributed by atoms with Crippen LogP contribution < -0.4 is 5.56 Å². The van der Waals surface area contributed by atoms with Gasteiger partial charge in [-0.15, -0.1) is 0 Å². The molecule has 4 rings (SSSR count). The minimum atomic E-state index is -0.262. The van der Waals surface area contributed by atoms with E-state index in [2.05, 4.69) is 5.10 Å². The van der Waals surface area contributed by atoms with Gasteiger partial charge in [-0.25, -0.2) is 4.68 Å². The summed E-state index contributed by atoms with van der Waals surface area (Å²) in [5.41, 5.74) is 0.334. The number of aromatic nitrogens is 2. The molecule has 2 aliphatic heterocycles. The summed E-state index contributed by atoms with van der Waals surface area (Å²) in [5.74, 6) is -0.0433. The second-order valence-corrected chi connectivity index (χ2v) is 7.21. The van der Waals surface area contributed by atoms with E-state index >= 15 is 0 Å². The molecule has 0 radical (unpaired) electrons. The summed E-state index contributed by atoms with van der Waals surface area (Å²) < 4.78 is 13.1. The quantitative estimate of drug-likeness (QED) is 0.901. The van der Waals surface area contributed by atoms with Crippen LogP contribution in [0.2, 0.25) is 0 Å². The monoisotopic (exact) mass is 359 g/mol. The molecular formula is C19H25N3O4. The number of nitrogens with one attached hydrogen (secondary N) is 1. The maximum absolute atomic E-state index is 12.7. The maximum Gasteiger partial charge on any atom is 0.274 e. The Kier molecular flexibility index (Phi) is 4.58. The zero-order chi connectivity index (χ0) is 18.1. The topological polar surface area (TPSA) is 76.6 Å². The fourth-order valence-electron chi connectivity index (χ4n) is 4.29. The molecule has 3 heterocycles. The number of fused-ring (bicyclic) bond motifs is 1. The van der Waals surface area contributed by atoms with Crippen molar-refractivity contribution in [1.29, 1.82) is 0 Å². The van der Waals surface area contributed by atoms with Gasteiger partial charge in [0.05, 0.1) is 22.6 Å². The largest absolute Gasteiger partial charge is 0.378 e. The van der Waals surface area contributed by atoms with Crippen molar-refractivity contribution in [1.82, 2.24) is 14.7 Å². The first-order valence-electron chi connectivity index (χ1n) is 9.25. The zero-order valence-electron chi connectivity index (χ0n) is 15.1. The molecule has 2 aromatic rings. The van der Waals surface area contributed by atoms with Gasteiger partial charge in [0.2, 0.25) is 5.91 Å². The van der Waals surface area contributed by atoms with Gasteiger partial charge in [0.25, 0.3) is 5.56 Å². The van der Waals surface area contributed by atoms with Crippen LogP contribution in [0.3, 0.4) is 0 Å². The second kappa shape index (κ2) is 6.89. The highest BCUT2D eigenvalue weighted by Crippen LogP contribution is 2.36. The first kappa shape index (κ1) is 17.3. The number of nitrogens with zero attached hydrogens (tertiary/aromatic N) is 2. The van der Waals surface area contributed by atoms with Crippen LogP contribution in [-0.4, -0.2) is 59.1 Å². The predicted octanol–water partition coefficient (Wildman–Crippen LogP) is 1.52. The molecule has 2 aliphatic rings. The highest BCUT2D eigenvalue weighted by Gasteiger charge is 2.45. The lowest BCUT2D eigenvalue weighted by Crippen LogP contribution is -2.57. The summed E-state index contributed by atoms with van der Waals surface area (Å²) in [6.07, 6.45) is 3.68. The molecule has 0 saturated carbocycles. The Labute approximate surface area is 151 Å². The third-order valence-electron chi connectivity index (χ3n) is 5.79. The summed E-state index contributed by atoms with van der Waals surface area (Å²) >= 11 is 0. The number of amides is 1. The van der Waals surface area contributed by atoms with E-state index in [1.165, 1.54) is 4.68 Å².